The van der Waals surface area contributed by atoms with Crippen molar-refractivity contribution in [1.82, 2.24) is 4.90 Å². The minimum atomic E-state index is 0.385. The van der Waals surface area contributed by atoms with Gasteiger partial charge in [-0.1, -0.05) is 49.3 Å². The van der Waals surface area contributed by atoms with Gasteiger partial charge in [0.25, 0.3) is 0 Å². The van der Waals surface area contributed by atoms with Crippen LogP contribution in [0.4, 0.5) is 0 Å². The highest BCUT2D eigenvalue weighted by molar-refractivity contribution is 8.76. The van der Waals surface area contributed by atoms with Gasteiger partial charge in [-0.15, -0.1) is 0 Å². The standard InChI is InChI=1S/C12H28N2S2/c1-5-12(6-2,14(7-3)8-4)11-16-15-10-9-13/h5-11,13H2,1-4H3. The molecule has 0 heterocycles. The third-order valence-corrected chi connectivity index (χ3v) is 5.94. The number of hydrogen-bond acceptors (Lipinski definition) is 4. The number of nitrogens with two attached hydrogens (primary N) is 1. The van der Waals surface area contributed by atoms with Gasteiger partial charge in [0.05, 0.1) is 0 Å². The first-order valence-corrected chi connectivity index (χ1v) is 8.89. The second-order valence-corrected chi connectivity index (χ2v) is 6.56. The Labute approximate surface area is 109 Å². The second-order valence-electron chi connectivity index (χ2n) is 3.98. The van der Waals surface area contributed by atoms with Crippen LogP contribution in [0.5, 0.6) is 0 Å². The van der Waals surface area contributed by atoms with Crippen molar-refractivity contribution in [3.8, 4) is 0 Å². The molecule has 0 rings (SSSR count). The lowest BCUT2D eigenvalue weighted by molar-refractivity contribution is 0.113. The first-order valence-electron chi connectivity index (χ1n) is 6.40. The molecule has 0 aliphatic rings. The maximum atomic E-state index is 5.51. The summed E-state index contributed by atoms with van der Waals surface area (Å²) < 4.78 is 0. The molecule has 0 aromatic carbocycles. The van der Waals surface area contributed by atoms with E-state index in [0.717, 1.165) is 25.4 Å². The summed E-state index contributed by atoms with van der Waals surface area (Å²) in [6.07, 6.45) is 2.47. The van der Waals surface area contributed by atoms with E-state index < -0.39 is 0 Å². The molecule has 2 nitrogen and oxygen atoms in total. The molecule has 0 aromatic heterocycles. The molecule has 98 valence electrons. The predicted molar refractivity (Wildman–Crippen MR) is 80.2 cm³/mol. The fourth-order valence-electron chi connectivity index (χ4n) is 2.15. The molecule has 0 radical (unpaired) electrons. The van der Waals surface area contributed by atoms with Crippen molar-refractivity contribution in [3.63, 3.8) is 0 Å². The molecule has 0 amide bonds. The topological polar surface area (TPSA) is 29.3 Å². The minimum Gasteiger partial charge on any atom is -0.330 e. The molecule has 0 bridgehead atoms. The SMILES string of the molecule is CCN(CC)C(CC)(CC)CSSCCN. The van der Waals surface area contributed by atoms with Crippen molar-refractivity contribution in [3.05, 3.63) is 0 Å². The summed E-state index contributed by atoms with van der Waals surface area (Å²) in [5, 5.41) is 0. The van der Waals surface area contributed by atoms with Gasteiger partial charge in [0.2, 0.25) is 0 Å². The highest BCUT2D eigenvalue weighted by Crippen LogP contribution is 2.33. The van der Waals surface area contributed by atoms with Crippen LogP contribution in [0, 0.1) is 0 Å². The molecule has 0 aliphatic carbocycles. The molecular formula is C12H28N2S2. The van der Waals surface area contributed by atoms with Crippen molar-refractivity contribution in [2.24, 2.45) is 5.73 Å². The minimum absolute atomic E-state index is 0.385. The lowest BCUT2D eigenvalue weighted by atomic mass is 9.93. The Hall–Kier alpha value is 0.620. The monoisotopic (exact) mass is 264 g/mol. The van der Waals surface area contributed by atoms with E-state index in [2.05, 4.69) is 32.6 Å². The van der Waals surface area contributed by atoms with Gasteiger partial charge < -0.3 is 5.73 Å². The molecule has 0 fully saturated rings. The van der Waals surface area contributed by atoms with Crippen molar-refractivity contribution < 1.29 is 0 Å². The zero-order valence-electron chi connectivity index (χ0n) is 11.3. The number of nitrogens with zero attached hydrogens (tertiary/aromatic N) is 1. The molecular weight excluding hydrogens is 236 g/mol. The average Bonchev–Trinajstić information content (AvgIpc) is 2.33. The molecule has 0 atom stereocenters. The van der Waals surface area contributed by atoms with Crippen molar-refractivity contribution >= 4 is 21.6 Å². The van der Waals surface area contributed by atoms with E-state index in [1.54, 1.807) is 0 Å². The summed E-state index contributed by atoms with van der Waals surface area (Å²) in [6.45, 7) is 12.3. The van der Waals surface area contributed by atoms with Gasteiger partial charge >= 0.3 is 0 Å². The molecule has 0 saturated carbocycles. The second kappa shape index (κ2) is 9.63. The van der Waals surface area contributed by atoms with Gasteiger partial charge in [0, 0.05) is 23.6 Å². The van der Waals surface area contributed by atoms with Gasteiger partial charge in [0.1, 0.15) is 0 Å². The van der Waals surface area contributed by atoms with Crippen molar-refractivity contribution in [1.29, 1.82) is 0 Å². The van der Waals surface area contributed by atoms with Crippen LogP contribution < -0.4 is 5.73 Å². The Morgan fingerprint density at radius 2 is 1.56 bits per heavy atom. The fourth-order valence-corrected chi connectivity index (χ4v) is 4.80. The van der Waals surface area contributed by atoms with E-state index in [-0.39, 0.29) is 0 Å². The Morgan fingerprint density at radius 3 is 1.94 bits per heavy atom. The zero-order chi connectivity index (χ0) is 12.4. The normalized spacial score (nSPS) is 12.4. The van der Waals surface area contributed by atoms with Gasteiger partial charge in [0.15, 0.2) is 0 Å². The van der Waals surface area contributed by atoms with Crippen LogP contribution in [0.25, 0.3) is 0 Å². The maximum Gasteiger partial charge on any atom is 0.0302 e. The molecule has 0 saturated heterocycles. The molecule has 0 aromatic rings. The van der Waals surface area contributed by atoms with Crippen molar-refractivity contribution in [2.45, 2.75) is 46.1 Å². The van der Waals surface area contributed by atoms with Crippen LogP contribution >= 0.6 is 21.6 Å². The number of hydrogen-bond donors (Lipinski definition) is 1. The Balaban J connectivity index is 4.30. The van der Waals surface area contributed by atoms with E-state index in [9.17, 15) is 0 Å². The zero-order valence-corrected chi connectivity index (χ0v) is 12.9. The third kappa shape index (κ3) is 4.86. The van der Waals surface area contributed by atoms with Gasteiger partial charge in [-0.3, -0.25) is 4.90 Å². The Kier molecular flexibility index (Phi) is 10.0. The summed E-state index contributed by atoms with van der Waals surface area (Å²) in [6, 6.07) is 0. The molecule has 0 spiro atoms. The molecule has 0 aliphatic heterocycles. The third-order valence-electron chi connectivity index (χ3n) is 3.36. The summed E-state index contributed by atoms with van der Waals surface area (Å²) in [7, 11) is 3.90. The Bertz CT molecular complexity index is 157. The van der Waals surface area contributed by atoms with E-state index >= 15 is 0 Å². The van der Waals surface area contributed by atoms with Crippen LogP contribution in [0.3, 0.4) is 0 Å². The lowest BCUT2D eigenvalue weighted by Crippen LogP contribution is -2.49. The van der Waals surface area contributed by atoms with E-state index in [0.29, 0.717) is 5.54 Å². The van der Waals surface area contributed by atoms with Crippen LogP contribution in [-0.4, -0.2) is 41.6 Å². The quantitative estimate of drug-likeness (QED) is 0.484. The molecule has 0 unspecified atom stereocenters. The maximum absolute atomic E-state index is 5.51. The Morgan fingerprint density at radius 1 is 1.00 bits per heavy atom. The fraction of sp³-hybridized carbons (Fsp3) is 1.00. The lowest BCUT2D eigenvalue weighted by Gasteiger charge is -2.42. The molecule has 2 N–H and O–H groups in total. The molecule has 16 heavy (non-hydrogen) atoms. The summed E-state index contributed by atoms with van der Waals surface area (Å²) in [5.41, 5.74) is 5.90. The highest BCUT2D eigenvalue weighted by Gasteiger charge is 2.31. The summed E-state index contributed by atoms with van der Waals surface area (Å²) in [5.74, 6) is 2.28. The molecule has 4 heteroatoms. The van der Waals surface area contributed by atoms with Gasteiger partial charge in [-0.25, -0.2) is 0 Å². The summed E-state index contributed by atoms with van der Waals surface area (Å²) in [4.78, 5) is 2.61. The van der Waals surface area contributed by atoms with Crippen LogP contribution in [-0.2, 0) is 0 Å². The van der Waals surface area contributed by atoms with Crippen LogP contribution in [0.15, 0.2) is 0 Å². The predicted octanol–water partition coefficient (Wildman–Crippen LogP) is 3.23. The van der Waals surface area contributed by atoms with Crippen molar-refractivity contribution in [2.75, 3.05) is 31.1 Å². The largest absolute Gasteiger partial charge is 0.330 e. The first-order chi connectivity index (χ1) is 7.70. The summed E-state index contributed by atoms with van der Waals surface area (Å²) >= 11 is 0. The van der Waals surface area contributed by atoms with Gasteiger partial charge in [-0.2, -0.15) is 0 Å². The van der Waals surface area contributed by atoms with Crippen LogP contribution in [0.2, 0.25) is 0 Å². The van der Waals surface area contributed by atoms with Gasteiger partial charge in [-0.05, 0) is 25.9 Å². The number of rotatable bonds is 10. The first kappa shape index (κ1) is 16.6. The smallest absolute Gasteiger partial charge is 0.0302 e. The van der Waals surface area contributed by atoms with E-state index in [4.69, 9.17) is 5.73 Å². The average molecular weight is 265 g/mol. The van der Waals surface area contributed by atoms with E-state index in [1.807, 2.05) is 21.6 Å². The van der Waals surface area contributed by atoms with E-state index in [1.165, 1.54) is 18.6 Å². The highest BCUT2D eigenvalue weighted by atomic mass is 33.1. The van der Waals surface area contributed by atoms with Crippen LogP contribution in [0.1, 0.15) is 40.5 Å².